The molecule has 180 valence electrons. The summed E-state index contributed by atoms with van der Waals surface area (Å²) >= 11 is 1.09. The molecule has 0 spiro atoms. The topological polar surface area (TPSA) is 82.6 Å². The maximum absolute atomic E-state index is 13.0. The largest absolute Gasteiger partial charge is 0.417 e. The van der Waals surface area contributed by atoms with Crippen LogP contribution in [0.4, 0.5) is 19.0 Å². The quantitative estimate of drug-likeness (QED) is 0.548. The molecule has 4 rings (SSSR count). The van der Waals surface area contributed by atoms with E-state index in [9.17, 15) is 26.4 Å². The molecule has 34 heavy (non-hydrogen) atoms. The molecule has 2 aromatic heterocycles. The number of aromatic nitrogens is 1. The normalized spacial score (nSPS) is 15.3. The smallest absolute Gasteiger partial charge is 0.354 e. The van der Waals surface area contributed by atoms with Crippen molar-refractivity contribution in [2.75, 3.05) is 31.1 Å². The molecular formula is C22H21F3N4O3S2. The number of halogens is 3. The van der Waals surface area contributed by atoms with Gasteiger partial charge in [-0.2, -0.15) is 17.5 Å². The number of alkyl halides is 3. The van der Waals surface area contributed by atoms with Crippen LogP contribution in [0.2, 0.25) is 0 Å². The molecule has 0 radical (unpaired) electrons. The number of rotatable bonds is 6. The number of hydrogen-bond acceptors (Lipinski definition) is 6. The van der Waals surface area contributed by atoms with Crippen molar-refractivity contribution >= 4 is 33.1 Å². The first-order valence-electron chi connectivity index (χ1n) is 10.3. The lowest BCUT2D eigenvalue weighted by atomic mass is 10.2. The van der Waals surface area contributed by atoms with Crippen molar-refractivity contribution < 1.29 is 26.4 Å². The summed E-state index contributed by atoms with van der Waals surface area (Å²) in [6.45, 7) is 1.19. The number of thiophene rings is 1. The van der Waals surface area contributed by atoms with Gasteiger partial charge in [0.05, 0.1) is 12.1 Å². The molecule has 0 unspecified atom stereocenters. The molecule has 3 aromatic rings. The molecule has 0 atom stereocenters. The van der Waals surface area contributed by atoms with Crippen molar-refractivity contribution in [3.05, 3.63) is 76.8 Å². The minimum atomic E-state index is -4.46. The Morgan fingerprint density at radius 2 is 1.71 bits per heavy atom. The second-order valence-corrected chi connectivity index (χ2v) is 10.9. The minimum Gasteiger partial charge on any atom is -0.354 e. The highest BCUT2D eigenvalue weighted by molar-refractivity contribution is 7.91. The fraction of sp³-hybridized carbons (Fsp3) is 0.273. The van der Waals surface area contributed by atoms with Gasteiger partial charge in [-0.05, 0) is 36.4 Å². The Kier molecular flexibility index (Phi) is 6.91. The third-order valence-corrected chi connectivity index (χ3v) is 8.78. The molecule has 3 heterocycles. The molecule has 1 amide bonds. The Bertz CT molecular complexity index is 1240. The van der Waals surface area contributed by atoms with Crippen LogP contribution in [0, 0.1) is 0 Å². The summed E-state index contributed by atoms with van der Waals surface area (Å²) in [5, 5.41) is 2.78. The number of pyridine rings is 1. The summed E-state index contributed by atoms with van der Waals surface area (Å²) < 4.78 is 65.8. The van der Waals surface area contributed by atoms with E-state index >= 15 is 0 Å². The van der Waals surface area contributed by atoms with Crippen LogP contribution in [-0.2, 0) is 22.7 Å². The molecule has 1 aliphatic rings. The zero-order chi connectivity index (χ0) is 24.3. The number of benzene rings is 1. The van der Waals surface area contributed by atoms with Gasteiger partial charge in [0.1, 0.15) is 10.0 Å². The summed E-state index contributed by atoms with van der Waals surface area (Å²) in [6, 6.07) is 14.2. The van der Waals surface area contributed by atoms with Gasteiger partial charge in [-0.25, -0.2) is 13.4 Å². The monoisotopic (exact) mass is 510 g/mol. The van der Waals surface area contributed by atoms with Gasteiger partial charge < -0.3 is 10.2 Å². The molecule has 0 aliphatic carbocycles. The van der Waals surface area contributed by atoms with Crippen LogP contribution in [0.5, 0.6) is 0 Å². The molecule has 7 nitrogen and oxygen atoms in total. The fourth-order valence-corrected chi connectivity index (χ4v) is 6.35. The first kappa shape index (κ1) is 24.2. The molecule has 1 N–H and O–H groups in total. The van der Waals surface area contributed by atoms with Gasteiger partial charge in [0, 0.05) is 42.8 Å². The average molecular weight is 511 g/mol. The van der Waals surface area contributed by atoms with Gasteiger partial charge >= 0.3 is 6.18 Å². The third kappa shape index (κ3) is 5.40. The molecule has 1 saturated heterocycles. The first-order chi connectivity index (χ1) is 16.1. The van der Waals surface area contributed by atoms with E-state index in [0.29, 0.717) is 29.3 Å². The van der Waals surface area contributed by atoms with Crippen LogP contribution in [-0.4, -0.2) is 49.8 Å². The first-order valence-corrected chi connectivity index (χ1v) is 12.6. The lowest BCUT2D eigenvalue weighted by Gasteiger charge is -2.34. The fourth-order valence-electron chi connectivity index (χ4n) is 3.48. The number of nitrogens with zero attached hydrogens (tertiary/aromatic N) is 3. The van der Waals surface area contributed by atoms with Gasteiger partial charge in [-0.3, -0.25) is 4.79 Å². The van der Waals surface area contributed by atoms with Gasteiger partial charge in [0.15, 0.2) is 0 Å². The van der Waals surface area contributed by atoms with Crippen molar-refractivity contribution in [3.8, 4) is 0 Å². The summed E-state index contributed by atoms with van der Waals surface area (Å²) in [4.78, 5) is 18.5. The molecule has 0 saturated carbocycles. The molecule has 1 aliphatic heterocycles. The van der Waals surface area contributed by atoms with Crippen LogP contribution in [0.15, 0.2) is 65.0 Å². The Labute approximate surface area is 198 Å². The lowest BCUT2D eigenvalue weighted by Crippen LogP contribution is -2.48. The van der Waals surface area contributed by atoms with Gasteiger partial charge in [-0.1, -0.05) is 18.2 Å². The van der Waals surface area contributed by atoms with Gasteiger partial charge in [0.2, 0.25) is 0 Å². The van der Waals surface area contributed by atoms with Crippen molar-refractivity contribution in [1.82, 2.24) is 14.6 Å². The van der Waals surface area contributed by atoms with E-state index in [1.54, 1.807) is 35.2 Å². The van der Waals surface area contributed by atoms with Crippen molar-refractivity contribution in [2.45, 2.75) is 16.9 Å². The van der Waals surface area contributed by atoms with Gasteiger partial charge in [-0.15, -0.1) is 11.3 Å². The van der Waals surface area contributed by atoms with E-state index in [1.807, 2.05) is 6.07 Å². The Balaban J connectivity index is 1.34. The highest BCUT2D eigenvalue weighted by Crippen LogP contribution is 2.30. The summed E-state index contributed by atoms with van der Waals surface area (Å²) in [5.74, 6) is 0.129. The van der Waals surface area contributed by atoms with E-state index < -0.39 is 21.8 Å². The summed E-state index contributed by atoms with van der Waals surface area (Å²) in [6.07, 6.45) is -3.68. The average Bonchev–Trinajstić information content (AvgIpc) is 3.33. The maximum atomic E-state index is 13.0. The second-order valence-electron chi connectivity index (χ2n) is 7.56. The van der Waals surface area contributed by atoms with Crippen LogP contribution < -0.4 is 10.2 Å². The minimum absolute atomic E-state index is 0.178. The number of piperazine rings is 1. The van der Waals surface area contributed by atoms with E-state index in [-0.39, 0.29) is 29.8 Å². The molecule has 1 fully saturated rings. The SMILES string of the molecule is O=C(NCc1ccc(S(=O)(=O)N2CCN(c3ccc(C(F)(F)F)cn3)CC2)s1)c1ccccc1. The predicted molar refractivity (Wildman–Crippen MR) is 122 cm³/mol. The molecule has 12 heteroatoms. The predicted octanol–water partition coefficient (Wildman–Crippen LogP) is 3.60. The van der Waals surface area contributed by atoms with E-state index in [4.69, 9.17) is 0 Å². The number of sulfonamides is 1. The van der Waals surface area contributed by atoms with Crippen LogP contribution in [0.25, 0.3) is 0 Å². The molecular weight excluding hydrogens is 489 g/mol. The zero-order valence-electron chi connectivity index (χ0n) is 17.8. The summed E-state index contributed by atoms with van der Waals surface area (Å²) in [5.41, 5.74) is -0.307. The van der Waals surface area contributed by atoms with Crippen LogP contribution in [0.3, 0.4) is 0 Å². The zero-order valence-corrected chi connectivity index (χ0v) is 19.5. The summed E-state index contributed by atoms with van der Waals surface area (Å²) in [7, 11) is -3.72. The standard InChI is InChI=1S/C22H21F3N4O3S2/c23-22(24,25)17-6-8-19(26-14-17)28-10-12-29(13-11-28)34(31,32)20-9-7-18(33-20)15-27-21(30)16-4-2-1-3-5-16/h1-9,14H,10-13,15H2,(H,27,30). The Morgan fingerprint density at radius 3 is 2.32 bits per heavy atom. The number of carbonyl (C=O) groups is 1. The number of hydrogen-bond donors (Lipinski definition) is 1. The molecule has 0 bridgehead atoms. The van der Waals surface area contributed by atoms with Crippen LogP contribution >= 0.6 is 11.3 Å². The number of nitrogens with one attached hydrogen (secondary N) is 1. The third-order valence-electron chi connectivity index (χ3n) is 5.33. The van der Waals surface area contributed by atoms with Crippen LogP contribution in [0.1, 0.15) is 20.8 Å². The Morgan fingerprint density at radius 1 is 1.00 bits per heavy atom. The lowest BCUT2D eigenvalue weighted by molar-refractivity contribution is -0.137. The second kappa shape index (κ2) is 9.72. The van der Waals surface area contributed by atoms with Crippen molar-refractivity contribution in [3.63, 3.8) is 0 Å². The number of anilines is 1. The Hall–Kier alpha value is -2.96. The van der Waals surface area contributed by atoms with Gasteiger partial charge in [0.25, 0.3) is 15.9 Å². The molecule has 1 aromatic carbocycles. The van der Waals surface area contributed by atoms with E-state index in [1.165, 1.54) is 16.4 Å². The highest BCUT2D eigenvalue weighted by atomic mass is 32.2. The number of carbonyl (C=O) groups excluding carboxylic acids is 1. The number of amides is 1. The highest BCUT2D eigenvalue weighted by Gasteiger charge is 2.32. The van der Waals surface area contributed by atoms with Crippen molar-refractivity contribution in [2.24, 2.45) is 0 Å². The van der Waals surface area contributed by atoms with E-state index in [2.05, 4.69) is 10.3 Å². The van der Waals surface area contributed by atoms with Crippen molar-refractivity contribution in [1.29, 1.82) is 0 Å². The van der Waals surface area contributed by atoms with E-state index in [0.717, 1.165) is 23.6 Å². The maximum Gasteiger partial charge on any atom is 0.417 e.